The van der Waals surface area contributed by atoms with Gasteiger partial charge in [-0.25, -0.2) is 14.4 Å². The van der Waals surface area contributed by atoms with Crippen LogP contribution in [0.5, 0.6) is 0 Å². The number of likely N-dealkylation sites (N-methyl/N-ethyl adjacent to an activating group) is 1. The average Bonchev–Trinajstić information content (AvgIpc) is 3.19. The fraction of sp³-hybridized carbons (Fsp3) is 0.381. The minimum Gasteiger partial charge on any atom is -0.352 e. The summed E-state index contributed by atoms with van der Waals surface area (Å²) in [6, 6.07) is 13.0. The fourth-order valence-corrected chi connectivity index (χ4v) is 3.10. The molecule has 2 N–H and O–H groups in total. The second-order valence-electron chi connectivity index (χ2n) is 7.18. The summed E-state index contributed by atoms with van der Waals surface area (Å²) in [4.78, 5) is 24.2. The predicted molar refractivity (Wildman–Crippen MR) is 128 cm³/mol. The van der Waals surface area contributed by atoms with Gasteiger partial charge < -0.3 is 20.4 Å². The van der Waals surface area contributed by atoms with Crippen molar-refractivity contribution in [2.24, 2.45) is 4.99 Å². The van der Waals surface area contributed by atoms with Gasteiger partial charge in [0, 0.05) is 39.4 Å². The van der Waals surface area contributed by atoms with E-state index in [4.69, 9.17) is 0 Å². The Kier molecular flexibility index (Phi) is 9.28. The van der Waals surface area contributed by atoms with Crippen LogP contribution >= 0.6 is 24.0 Å². The van der Waals surface area contributed by atoms with Crippen molar-refractivity contribution in [3.05, 3.63) is 60.0 Å². The third-order valence-corrected chi connectivity index (χ3v) is 4.74. The van der Waals surface area contributed by atoms with E-state index in [1.54, 1.807) is 26.4 Å². The molecule has 0 spiro atoms. The monoisotopic (exact) mass is 526 g/mol. The van der Waals surface area contributed by atoms with Crippen molar-refractivity contribution in [2.75, 3.05) is 38.6 Å². The summed E-state index contributed by atoms with van der Waals surface area (Å²) < 4.78 is 14.0. The van der Waals surface area contributed by atoms with Crippen LogP contribution in [0.4, 0.5) is 10.2 Å². The summed E-state index contributed by atoms with van der Waals surface area (Å²) >= 11 is 0. The molecular weight excluding hydrogens is 498 g/mol. The number of nitrogens with zero attached hydrogens (tertiary/aromatic N) is 4. The van der Waals surface area contributed by atoms with Crippen molar-refractivity contribution >= 4 is 41.7 Å². The molecule has 2 aromatic rings. The second kappa shape index (κ2) is 11.7. The maximum absolute atomic E-state index is 14.0. The molecule has 1 amide bonds. The Morgan fingerprint density at radius 2 is 2.03 bits per heavy atom. The number of carbonyl (C=O) groups excluding carboxylic acids is 1. The van der Waals surface area contributed by atoms with Crippen LogP contribution in [-0.2, 0) is 11.3 Å². The lowest BCUT2D eigenvalue weighted by Crippen LogP contribution is -2.47. The molecule has 0 aliphatic carbocycles. The number of pyridine rings is 1. The molecule has 0 bridgehead atoms. The number of rotatable bonds is 6. The SMILES string of the molecule is CN(C)C(=O)CNC(=NCc1ccccc1)NC1CCN(c2ncccc2F)C1.I. The second-order valence-corrected chi connectivity index (χ2v) is 7.18. The van der Waals surface area contributed by atoms with Crippen LogP contribution in [0.2, 0.25) is 0 Å². The van der Waals surface area contributed by atoms with Crippen molar-refractivity contribution in [3.63, 3.8) is 0 Å². The lowest BCUT2D eigenvalue weighted by atomic mass is 10.2. The molecule has 3 rings (SSSR count). The molecule has 0 radical (unpaired) electrons. The minimum absolute atomic E-state index is 0. The van der Waals surface area contributed by atoms with Gasteiger partial charge in [0.2, 0.25) is 5.91 Å². The number of hydrogen-bond acceptors (Lipinski definition) is 4. The first-order chi connectivity index (χ1) is 14.0. The first kappa shape index (κ1) is 23.8. The highest BCUT2D eigenvalue weighted by Gasteiger charge is 2.26. The quantitative estimate of drug-likeness (QED) is 0.344. The van der Waals surface area contributed by atoms with Crippen LogP contribution in [0.3, 0.4) is 0 Å². The van der Waals surface area contributed by atoms with Gasteiger partial charge in [0.25, 0.3) is 0 Å². The van der Waals surface area contributed by atoms with Gasteiger partial charge in [-0.3, -0.25) is 4.79 Å². The Balaban J connectivity index is 0.00000320. The van der Waals surface area contributed by atoms with Gasteiger partial charge in [-0.05, 0) is 24.1 Å². The van der Waals surface area contributed by atoms with E-state index in [-0.39, 0.29) is 48.3 Å². The molecule has 162 valence electrons. The number of hydrogen-bond donors (Lipinski definition) is 2. The molecule has 30 heavy (non-hydrogen) atoms. The maximum atomic E-state index is 14.0. The molecule has 1 atom stereocenters. The zero-order valence-corrected chi connectivity index (χ0v) is 19.5. The van der Waals surface area contributed by atoms with Crippen molar-refractivity contribution in [1.82, 2.24) is 20.5 Å². The van der Waals surface area contributed by atoms with Gasteiger partial charge in [-0.15, -0.1) is 24.0 Å². The number of halogens is 2. The lowest BCUT2D eigenvalue weighted by molar-refractivity contribution is -0.127. The van der Waals surface area contributed by atoms with Gasteiger partial charge in [0.15, 0.2) is 17.6 Å². The molecule has 1 aromatic heterocycles. The summed E-state index contributed by atoms with van der Waals surface area (Å²) in [5.41, 5.74) is 1.08. The number of amides is 1. The molecule has 1 unspecified atom stereocenters. The van der Waals surface area contributed by atoms with Crippen LogP contribution in [0.25, 0.3) is 0 Å². The maximum Gasteiger partial charge on any atom is 0.241 e. The molecule has 2 heterocycles. The van der Waals surface area contributed by atoms with E-state index in [0.717, 1.165) is 12.0 Å². The highest BCUT2D eigenvalue weighted by atomic mass is 127. The van der Waals surface area contributed by atoms with Crippen LogP contribution in [-0.4, -0.2) is 61.5 Å². The van der Waals surface area contributed by atoms with Crippen molar-refractivity contribution in [1.29, 1.82) is 0 Å². The van der Waals surface area contributed by atoms with E-state index in [2.05, 4.69) is 20.6 Å². The largest absolute Gasteiger partial charge is 0.352 e. The normalized spacial score (nSPS) is 16.0. The van der Waals surface area contributed by atoms with Gasteiger partial charge >= 0.3 is 0 Å². The number of aromatic nitrogens is 1. The molecule has 9 heteroatoms. The van der Waals surface area contributed by atoms with Crippen LogP contribution in [0, 0.1) is 5.82 Å². The van der Waals surface area contributed by atoms with Crippen LogP contribution in [0.1, 0.15) is 12.0 Å². The van der Waals surface area contributed by atoms with E-state index >= 15 is 0 Å². The highest BCUT2D eigenvalue weighted by molar-refractivity contribution is 14.0. The smallest absolute Gasteiger partial charge is 0.241 e. The number of anilines is 1. The van der Waals surface area contributed by atoms with E-state index in [1.807, 2.05) is 35.2 Å². The van der Waals surface area contributed by atoms with E-state index in [0.29, 0.717) is 31.4 Å². The average molecular weight is 526 g/mol. The van der Waals surface area contributed by atoms with Gasteiger partial charge in [-0.1, -0.05) is 30.3 Å². The first-order valence-electron chi connectivity index (χ1n) is 9.67. The third kappa shape index (κ3) is 6.82. The van der Waals surface area contributed by atoms with Gasteiger partial charge in [0.05, 0.1) is 13.1 Å². The standard InChI is InChI=1S/C21H27FN6O.HI/c1-27(2)19(29)14-25-21(24-13-16-7-4-3-5-8-16)26-17-10-12-28(15-17)20-18(22)9-6-11-23-20;/h3-9,11,17H,10,12-15H2,1-2H3,(H2,24,25,26);1H. The Labute approximate surface area is 193 Å². The molecule has 1 fully saturated rings. The Hall–Kier alpha value is -2.43. The fourth-order valence-electron chi connectivity index (χ4n) is 3.10. The molecule has 0 saturated carbocycles. The Morgan fingerprint density at radius 3 is 2.73 bits per heavy atom. The number of guanidine groups is 1. The van der Waals surface area contributed by atoms with Gasteiger partial charge in [0.1, 0.15) is 0 Å². The summed E-state index contributed by atoms with van der Waals surface area (Å²) in [6.07, 6.45) is 2.42. The summed E-state index contributed by atoms with van der Waals surface area (Å²) in [6.45, 7) is 1.96. The summed E-state index contributed by atoms with van der Waals surface area (Å²) in [5, 5.41) is 6.48. The minimum atomic E-state index is -0.319. The third-order valence-electron chi connectivity index (χ3n) is 4.74. The predicted octanol–water partition coefficient (Wildman–Crippen LogP) is 2.24. The number of nitrogens with one attached hydrogen (secondary N) is 2. The summed E-state index contributed by atoms with van der Waals surface area (Å²) in [5.74, 6) is 0.580. The molecule has 7 nitrogen and oxygen atoms in total. The Bertz CT molecular complexity index is 848. The Morgan fingerprint density at radius 1 is 1.27 bits per heavy atom. The molecule has 1 aliphatic rings. The number of benzene rings is 1. The molecule has 1 aromatic carbocycles. The summed E-state index contributed by atoms with van der Waals surface area (Å²) in [7, 11) is 3.43. The molecule has 1 saturated heterocycles. The zero-order valence-electron chi connectivity index (χ0n) is 17.2. The van der Waals surface area contributed by atoms with Crippen molar-refractivity contribution in [2.45, 2.75) is 19.0 Å². The van der Waals surface area contributed by atoms with Crippen LogP contribution < -0.4 is 15.5 Å². The van der Waals surface area contributed by atoms with Crippen molar-refractivity contribution in [3.8, 4) is 0 Å². The highest BCUT2D eigenvalue weighted by Crippen LogP contribution is 2.20. The van der Waals surface area contributed by atoms with E-state index < -0.39 is 0 Å². The zero-order chi connectivity index (χ0) is 20.6. The van der Waals surface area contributed by atoms with Crippen LogP contribution in [0.15, 0.2) is 53.7 Å². The van der Waals surface area contributed by atoms with E-state index in [9.17, 15) is 9.18 Å². The topological polar surface area (TPSA) is 72.9 Å². The number of carbonyl (C=O) groups is 1. The lowest BCUT2D eigenvalue weighted by Gasteiger charge is -2.20. The van der Waals surface area contributed by atoms with E-state index in [1.165, 1.54) is 11.0 Å². The molecule has 1 aliphatic heterocycles. The first-order valence-corrected chi connectivity index (χ1v) is 9.67. The number of aliphatic imine (C=N–C) groups is 1. The van der Waals surface area contributed by atoms with Gasteiger partial charge in [-0.2, -0.15) is 0 Å². The van der Waals surface area contributed by atoms with Crippen molar-refractivity contribution < 1.29 is 9.18 Å². The molecular formula is C21H28FIN6O.